The van der Waals surface area contributed by atoms with Crippen LogP contribution in [0, 0.1) is 46.8 Å². The van der Waals surface area contributed by atoms with Gasteiger partial charge in [-0.05, 0) is 56.3 Å². The van der Waals surface area contributed by atoms with Crippen LogP contribution in [-0.4, -0.2) is 12.3 Å². The Morgan fingerprint density at radius 2 is 1.68 bits per heavy atom. The molecule has 2 fully saturated rings. The van der Waals surface area contributed by atoms with Crippen LogP contribution in [0.25, 0.3) is 0 Å². The van der Waals surface area contributed by atoms with E-state index in [1.54, 1.807) is 6.07 Å². The van der Waals surface area contributed by atoms with Crippen molar-refractivity contribution in [1.29, 1.82) is 5.26 Å². The fraction of sp³-hybridized carbons (Fsp3) is 0.737. The number of nitriles is 1. The minimum Gasteiger partial charge on any atom is -0.246 e. The molecule has 2 unspecified atom stereocenters. The van der Waals surface area contributed by atoms with Gasteiger partial charge in [-0.1, -0.05) is 24.8 Å². The molecule has 2 saturated carbocycles. The Balaban J connectivity index is 1.85. The first-order chi connectivity index (χ1) is 10.7. The van der Waals surface area contributed by atoms with Crippen LogP contribution >= 0.6 is 0 Å². The van der Waals surface area contributed by atoms with Crippen molar-refractivity contribution in [2.45, 2.75) is 63.7 Å². The molecule has 0 aromatic carbocycles. The highest BCUT2D eigenvalue weighted by Crippen LogP contribution is 2.43. The molecule has 0 aromatic heterocycles. The molecule has 0 bridgehead atoms. The van der Waals surface area contributed by atoms with Gasteiger partial charge >= 0.3 is 0 Å². The quantitative estimate of drug-likeness (QED) is 0.530. The van der Waals surface area contributed by atoms with E-state index in [9.17, 15) is 8.78 Å². The Labute approximate surface area is 132 Å². The van der Waals surface area contributed by atoms with E-state index < -0.39 is 18.3 Å². The molecule has 0 amide bonds. The maximum absolute atomic E-state index is 14.2. The van der Waals surface area contributed by atoms with Crippen LogP contribution in [0.3, 0.4) is 0 Å². The molecule has 1 nitrogen and oxygen atoms in total. The zero-order valence-electron chi connectivity index (χ0n) is 13.1. The largest absolute Gasteiger partial charge is 0.246 e. The van der Waals surface area contributed by atoms with E-state index in [-0.39, 0.29) is 5.92 Å². The lowest BCUT2D eigenvalue weighted by atomic mass is 9.68. The van der Waals surface area contributed by atoms with Crippen molar-refractivity contribution in [3.05, 3.63) is 12.7 Å². The van der Waals surface area contributed by atoms with Gasteiger partial charge in [0.15, 0.2) is 6.07 Å². The summed E-state index contributed by atoms with van der Waals surface area (Å²) in [4.78, 5) is 0. The van der Waals surface area contributed by atoms with Crippen molar-refractivity contribution in [3.8, 4) is 17.9 Å². The van der Waals surface area contributed by atoms with Crippen LogP contribution in [0.5, 0.6) is 0 Å². The molecule has 0 heterocycles. The number of hydrogen-bond acceptors (Lipinski definition) is 1. The summed E-state index contributed by atoms with van der Waals surface area (Å²) in [5.74, 6) is 5.08. The fourth-order valence-corrected chi connectivity index (χ4v) is 4.18. The Kier molecular flexibility index (Phi) is 6.44. The van der Waals surface area contributed by atoms with E-state index in [1.165, 1.54) is 19.3 Å². The predicted octanol–water partition coefficient (Wildman–Crippen LogP) is 4.99. The van der Waals surface area contributed by atoms with Gasteiger partial charge in [-0.25, -0.2) is 8.78 Å². The molecule has 2 aliphatic carbocycles. The summed E-state index contributed by atoms with van der Waals surface area (Å²) in [5, 5.41) is 8.44. The lowest BCUT2D eigenvalue weighted by molar-refractivity contribution is 0.0384. The summed E-state index contributed by atoms with van der Waals surface area (Å²) in [6.07, 6.45) is 7.15. The van der Waals surface area contributed by atoms with E-state index in [0.717, 1.165) is 25.2 Å². The molecule has 0 radical (unpaired) electrons. The second kappa shape index (κ2) is 8.33. The van der Waals surface area contributed by atoms with Gasteiger partial charge in [0, 0.05) is 5.92 Å². The molecule has 2 rings (SSSR count). The number of halogens is 2. The van der Waals surface area contributed by atoms with Gasteiger partial charge in [0.2, 0.25) is 0 Å². The van der Waals surface area contributed by atoms with Gasteiger partial charge < -0.3 is 0 Å². The average Bonchev–Trinajstić information content (AvgIpc) is 2.52. The van der Waals surface area contributed by atoms with Gasteiger partial charge in [0.1, 0.15) is 12.3 Å². The number of rotatable bonds is 4. The van der Waals surface area contributed by atoms with Crippen molar-refractivity contribution in [2.75, 3.05) is 0 Å². The summed E-state index contributed by atoms with van der Waals surface area (Å²) in [5.41, 5.74) is 0. The first-order valence-electron chi connectivity index (χ1n) is 8.44. The third-order valence-corrected chi connectivity index (χ3v) is 5.47. The Morgan fingerprint density at radius 3 is 2.23 bits per heavy atom. The van der Waals surface area contributed by atoms with Crippen molar-refractivity contribution in [1.82, 2.24) is 0 Å². The van der Waals surface area contributed by atoms with Crippen molar-refractivity contribution >= 4 is 0 Å². The molecule has 22 heavy (non-hydrogen) atoms. The zero-order chi connectivity index (χ0) is 15.9. The molecule has 0 aromatic rings. The third kappa shape index (κ3) is 4.33. The maximum atomic E-state index is 14.2. The maximum Gasteiger partial charge on any atom is 0.152 e. The number of nitrogens with zero attached hydrogens (tertiary/aromatic N) is 1. The topological polar surface area (TPSA) is 23.8 Å². The minimum absolute atomic E-state index is 0.144. The van der Waals surface area contributed by atoms with Gasteiger partial charge in [-0.15, -0.1) is 6.58 Å². The lowest BCUT2D eigenvalue weighted by Crippen LogP contribution is -2.38. The van der Waals surface area contributed by atoms with Gasteiger partial charge in [-0.2, -0.15) is 5.26 Å². The van der Waals surface area contributed by atoms with E-state index in [0.29, 0.717) is 18.8 Å². The van der Waals surface area contributed by atoms with E-state index >= 15 is 0 Å². The highest BCUT2D eigenvalue weighted by atomic mass is 19.1. The third-order valence-electron chi connectivity index (χ3n) is 5.47. The summed E-state index contributed by atoms with van der Waals surface area (Å²) in [6.45, 7) is 3.76. The summed E-state index contributed by atoms with van der Waals surface area (Å²) < 4.78 is 28.4. The number of alkyl halides is 2. The second-order valence-electron chi connectivity index (χ2n) is 6.82. The van der Waals surface area contributed by atoms with Crippen molar-refractivity contribution in [3.63, 3.8) is 0 Å². The zero-order valence-corrected chi connectivity index (χ0v) is 13.1. The van der Waals surface area contributed by atoms with Gasteiger partial charge in [0.05, 0.1) is 5.92 Å². The van der Waals surface area contributed by atoms with E-state index in [2.05, 4.69) is 18.4 Å². The Morgan fingerprint density at radius 1 is 1.05 bits per heavy atom. The number of allylic oxidation sites excluding steroid dienone is 1. The molecule has 2 atom stereocenters. The highest BCUT2D eigenvalue weighted by Gasteiger charge is 2.41. The Bertz CT molecular complexity index is 450. The molecule has 2 aliphatic rings. The lowest BCUT2D eigenvalue weighted by Gasteiger charge is -2.39. The normalized spacial score (nSPS) is 38.4. The molecule has 3 heteroatoms. The number of hydrogen-bond donors (Lipinski definition) is 0. The summed E-state index contributed by atoms with van der Waals surface area (Å²) in [7, 11) is 0. The van der Waals surface area contributed by atoms with Gasteiger partial charge in [0.25, 0.3) is 0 Å². The van der Waals surface area contributed by atoms with Crippen molar-refractivity contribution in [2.24, 2.45) is 23.7 Å². The monoisotopic (exact) mass is 305 g/mol. The molecule has 0 saturated heterocycles. The molecular weight excluding hydrogens is 280 g/mol. The standard InChI is InChI=1S/C19H25F2N/c1-2-3-5-14-7-9-15(10-8-14)16-12-18(20)17(6-4-11-22)19(21)13-16/h2,14-19H,1,3,5,7-10,12-13H2. The molecular formula is C19H25F2N. The van der Waals surface area contributed by atoms with Crippen LogP contribution < -0.4 is 0 Å². The SMILES string of the molecule is C=CCCC1CCC(C2CC(F)C(C#CC#N)C(F)C2)CC1. The smallest absolute Gasteiger partial charge is 0.152 e. The van der Waals surface area contributed by atoms with E-state index in [4.69, 9.17) is 5.26 Å². The van der Waals surface area contributed by atoms with Crippen molar-refractivity contribution < 1.29 is 8.78 Å². The highest BCUT2D eigenvalue weighted by molar-refractivity contribution is 5.21. The van der Waals surface area contributed by atoms with Crippen LogP contribution in [0.2, 0.25) is 0 Å². The molecule has 0 spiro atoms. The Hall–Kier alpha value is -1.35. The van der Waals surface area contributed by atoms with Crippen LogP contribution in [0.15, 0.2) is 12.7 Å². The van der Waals surface area contributed by atoms with E-state index in [1.807, 2.05) is 6.08 Å². The van der Waals surface area contributed by atoms with Crippen LogP contribution in [0.4, 0.5) is 8.78 Å². The minimum atomic E-state index is -1.23. The predicted molar refractivity (Wildman–Crippen MR) is 84.3 cm³/mol. The van der Waals surface area contributed by atoms with Crippen LogP contribution in [-0.2, 0) is 0 Å². The molecule has 0 N–H and O–H groups in total. The first kappa shape index (κ1) is 17.0. The molecule has 0 aliphatic heterocycles. The average molecular weight is 305 g/mol. The molecule has 120 valence electrons. The summed E-state index contributed by atoms with van der Waals surface area (Å²) >= 11 is 0. The first-order valence-corrected chi connectivity index (χ1v) is 8.44. The fourth-order valence-electron chi connectivity index (χ4n) is 4.18. The second-order valence-corrected chi connectivity index (χ2v) is 6.82. The van der Waals surface area contributed by atoms with Gasteiger partial charge in [-0.3, -0.25) is 0 Å². The summed E-state index contributed by atoms with van der Waals surface area (Å²) in [6, 6.07) is 1.65. The van der Waals surface area contributed by atoms with Crippen LogP contribution in [0.1, 0.15) is 51.4 Å².